The van der Waals surface area contributed by atoms with Crippen LogP contribution in [0.1, 0.15) is 136 Å². The van der Waals surface area contributed by atoms with Gasteiger partial charge in [0.1, 0.15) is 17.0 Å². The van der Waals surface area contributed by atoms with Gasteiger partial charge >= 0.3 is 6.09 Å². The molecule has 10 nitrogen and oxygen atoms in total. The van der Waals surface area contributed by atoms with Gasteiger partial charge in [-0.25, -0.2) is 4.79 Å². The number of carbonyl (C=O) groups is 3. The molecule has 0 aromatic carbocycles. The molecule has 1 amide bonds. The third kappa shape index (κ3) is 8.75. The van der Waals surface area contributed by atoms with E-state index in [0.29, 0.717) is 43.7 Å². The molecule has 42 heavy (non-hydrogen) atoms. The number of ketones is 2. The number of rotatable bonds is 10. The largest absolute Gasteiger partial charge is 0.444 e. The summed E-state index contributed by atoms with van der Waals surface area (Å²) in [5.74, 6) is 2.05. The molecule has 2 fully saturated rings. The van der Waals surface area contributed by atoms with Gasteiger partial charge in [0.15, 0.2) is 11.6 Å². The Hall–Kier alpha value is -3.01. The van der Waals surface area contributed by atoms with E-state index in [2.05, 4.69) is 25.7 Å². The Morgan fingerprint density at radius 1 is 0.857 bits per heavy atom. The van der Waals surface area contributed by atoms with Crippen molar-refractivity contribution in [2.45, 2.75) is 124 Å². The van der Waals surface area contributed by atoms with Crippen molar-refractivity contribution in [3.8, 4) is 0 Å². The molecule has 2 aliphatic heterocycles. The maximum absolute atomic E-state index is 12.5. The number of aromatic amines is 2. The van der Waals surface area contributed by atoms with Gasteiger partial charge in [-0.3, -0.25) is 19.8 Å². The Bertz CT molecular complexity index is 1230. The van der Waals surface area contributed by atoms with E-state index in [0.717, 1.165) is 73.1 Å². The van der Waals surface area contributed by atoms with Crippen LogP contribution in [-0.4, -0.2) is 61.6 Å². The summed E-state index contributed by atoms with van der Waals surface area (Å²) in [6, 6.07) is 0. The summed E-state index contributed by atoms with van der Waals surface area (Å²) in [6.07, 6.45) is 12.2. The number of amides is 1. The van der Waals surface area contributed by atoms with Gasteiger partial charge in [-0.2, -0.15) is 10.2 Å². The molecule has 3 N–H and O–H groups in total. The normalized spacial score (nSPS) is 17.7. The van der Waals surface area contributed by atoms with Crippen LogP contribution in [-0.2, 0) is 30.7 Å². The second-order valence-corrected chi connectivity index (χ2v) is 13.2. The van der Waals surface area contributed by atoms with Gasteiger partial charge < -0.3 is 15.0 Å². The van der Waals surface area contributed by atoms with E-state index in [1.165, 1.54) is 32.1 Å². The molecule has 0 atom stereocenters. The van der Waals surface area contributed by atoms with Crippen LogP contribution >= 0.6 is 0 Å². The molecule has 6 rings (SSSR count). The van der Waals surface area contributed by atoms with Crippen molar-refractivity contribution >= 4 is 17.7 Å². The highest BCUT2D eigenvalue weighted by Crippen LogP contribution is 2.35. The maximum atomic E-state index is 12.5. The van der Waals surface area contributed by atoms with Gasteiger partial charge in [-0.15, -0.1) is 0 Å². The van der Waals surface area contributed by atoms with Gasteiger partial charge in [-0.1, -0.05) is 46.0 Å². The first-order valence-electron chi connectivity index (χ1n) is 15.5. The lowest BCUT2D eigenvalue weighted by atomic mass is 10.0. The quantitative estimate of drug-likeness (QED) is 0.296. The zero-order valence-corrected chi connectivity index (χ0v) is 24.9. The number of Topliss-reactive ketones (excluding diaryl/α,β-unsaturated/α-hetero) is 2. The van der Waals surface area contributed by atoms with Crippen molar-refractivity contribution in [1.82, 2.24) is 30.6 Å². The van der Waals surface area contributed by atoms with E-state index >= 15 is 0 Å². The van der Waals surface area contributed by atoms with Crippen molar-refractivity contribution in [2.75, 3.05) is 13.1 Å². The zero-order chi connectivity index (χ0) is 29.0. The number of fused-ring (bicyclic) bond motifs is 2. The minimum atomic E-state index is -0.519. The van der Waals surface area contributed by atoms with E-state index in [9.17, 15) is 14.4 Å². The molecule has 0 spiro atoms. The Balaban J connectivity index is 0.000000198. The molecule has 0 radical (unpaired) electrons. The predicted octanol–water partition coefficient (Wildman–Crippen LogP) is 5.92. The molecule has 2 aliphatic carbocycles. The van der Waals surface area contributed by atoms with Gasteiger partial charge in [0.25, 0.3) is 0 Å². The van der Waals surface area contributed by atoms with E-state index < -0.39 is 5.60 Å². The summed E-state index contributed by atoms with van der Waals surface area (Å²) in [6.45, 7) is 8.30. The molecule has 4 heterocycles. The zero-order valence-electron chi connectivity index (χ0n) is 24.9. The molecular formula is C32H50N6O4. The second kappa shape index (κ2) is 14.0. The molecule has 10 heteroatoms. The van der Waals surface area contributed by atoms with Crippen LogP contribution in [0.3, 0.4) is 0 Å². The fourth-order valence-corrected chi connectivity index (χ4v) is 5.62. The fraction of sp³-hybridized carbons (Fsp3) is 0.719. The van der Waals surface area contributed by atoms with Crippen LogP contribution in [0, 0.1) is 11.8 Å². The number of hydrogen-bond acceptors (Lipinski definition) is 7. The van der Waals surface area contributed by atoms with E-state index in [4.69, 9.17) is 4.74 Å². The van der Waals surface area contributed by atoms with Crippen LogP contribution in [0.2, 0.25) is 0 Å². The van der Waals surface area contributed by atoms with Crippen molar-refractivity contribution in [1.29, 1.82) is 0 Å². The van der Waals surface area contributed by atoms with E-state index in [1.54, 1.807) is 4.90 Å². The van der Waals surface area contributed by atoms with Crippen LogP contribution in [0.15, 0.2) is 0 Å². The first-order valence-corrected chi connectivity index (χ1v) is 15.5. The molecule has 0 saturated heterocycles. The lowest BCUT2D eigenvalue weighted by molar-refractivity contribution is 0.0222. The minimum Gasteiger partial charge on any atom is -0.444 e. The molecule has 2 aromatic rings. The van der Waals surface area contributed by atoms with Crippen molar-refractivity contribution in [3.63, 3.8) is 0 Å². The lowest BCUT2D eigenvalue weighted by Gasteiger charge is -2.30. The van der Waals surface area contributed by atoms with Gasteiger partial charge in [0.05, 0.1) is 6.54 Å². The smallest absolute Gasteiger partial charge is 0.410 e. The third-order valence-corrected chi connectivity index (χ3v) is 8.35. The number of hydrogen-bond donors (Lipinski definition) is 3. The molecular weight excluding hydrogens is 532 g/mol. The van der Waals surface area contributed by atoms with Crippen LogP contribution in [0.5, 0.6) is 0 Å². The molecule has 232 valence electrons. The summed E-state index contributed by atoms with van der Waals surface area (Å²) in [5, 5.41) is 17.7. The maximum Gasteiger partial charge on any atom is 0.410 e. The highest BCUT2D eigenvalue weighted by atomic mass is 16.6. The number of nitrogens with zero attached hydrogens (tertiary/aromatic N) is 3. The first-order chi connectivity index (χ1) is 19.7. The summed E-state index contributed by atoms with van der Waals surface area (Å²) in [5.41, 5.74) is 4.76. The average molecular weight is 583 g/mol. The molecule has 0 unspecified atom stereocenters. The predicted molar refractivity (Wildman–Crippen MR) is 161 cm³/mol. The van der Waals surface area contributed by atoms with Crippen molar-refractivity contribution in [3.05, 3.63) is 33.9 Å². The van der Waals surface area contributed by atoms with Gasteiger partial charge in [0, 0.05) is 67.8 Å². The number of nitrogens with one attached hydrogen (secondary N) is 3. The van der Waals surface area contributed by atoms with Crippen molar-refractivity contribution < 1.29 is 19.1 Å². The molecule has 0 bridgehead atoms. The first kappa shape index (κ1) is 31.9. The van der Waals surface area contributed by atoms with E-state index in [1.807, 2.05) is 20.8 Å². The third-order valence-electron chi connectivity index (χ3n) is 8.35. The molecule has 4 aliphatic rings. The second-order valence-electron chi connectivity index (χ2n) is 13.2. The summed E-state index contributed by atoms with van der Waals surface area (Å²) < 4.78 is 5.44. The monoisotopic (exact) mass is 582 g/mol. The number of aromatic nitrogens is 4. The standard InChI is InChI=1S/C18H27N3O3.C13H19N3O.CH4/c1-18(2,3)24-17(23)21-10-9-14-13(11-21)16(20-19-14)15(22)6-4-5-12-7-8-12;17-12(3-1-2-9-4-5-9)13-10-8-14-7-6-11(10)15-16-13;/h12H,4-11H2,1-3H3,(H,19,20);9,14H,1-8H2,(H,15,16);1H4. The fourth-order valence-electron chi connectivity index (χ4n) is 5.62. The summed E-state index contributed by atoms with van der Waals surface area (Å²) >= 11 is 0. The minimum absolute atomic E-state index is 0. The Morgan fingerprint density at radius 3 is 1.95 bits per heavy atom. The molecule has 2 aromatic heterocycles. The van der Waals surface area contributed by atoms with Gasteiger partial charge in [0.2, 0.25) is 0 Å². The average Bonchev–Trinajstić information content (AvgIpc) is 3.85. The van der Waals surface area contributed by atoms with Crippen LogP contribution in [0.25, 0.3) is 0 Å². The summed E-state index contributed by atoms with van der Waals surface area (Å²) in [4.78, 5) is 38.5. The lowest BCUT2D eigenvalue weighted by Crippen LogP contribution is -2.40. The Kier molecular flexibility index (Phi) is 10.6. The Morgan fingerprint density at radius 2 is 1.40 bits per heavy atom. The summed E-state index contributed by atoms with van der Waals surface area (Å²) in [7, 11) is 0. The number of ether oxygens (including phenoxy) is 1. The van der Waals surface area contributed by atoms with Crippen LogP contribution < -0.4 is 5.32 Å². The highest BCUT2D eigenvalue weighted by Gasteiger charge is 2.30. The van der Waals surface area contributed by atoms with Gasteiger partial charge in [-0.05, 0) is 45.4 Å². The highest BCUT2D eigenvalue weighted by molar-refractivity contribution is 5.96. The van der Waals surface area contributed by atoms with E-state index in [-0.39, 0.29) is 25.1 Å². The number of H-pyrrole nitrogens is 2. The number of carbonyl (C=O) groups excluding carboxylic acids is 3. The SMILES string of the molecule is C.CC(C)(C)OC(=O)N1CCc2[nH]nc(C(=O)CCCC3CC3)c2C1.O=C(CCCC1CC1)c1n[nH]c2c1CNCC2. The topological polar surface area (TPSA) is 133 Å². The van der Waals surface area contributed by atoms with Crippen molar-refractivity contribution in [2.24, 2.45) is 11.8 Å². The van der Waals surface area contributed by atoms with Crippen LogP contribution in [0.4, 0.5) is 4.79 Å². The molecule has 2 saturated carbocycles. The Labute approximate surface area is 250 Å².